The van der Waals surface area contributed by atoms with Crippen LogP contribution in [0.2, 0.25) is 0 Å². The van der Waals surface area contributed by atoms with Crippen molar-refractivity contribution in [1.82, 2.24) is 0 Å². The smallest absolute Gasteiger partial charge is 0.313 e. The van der Waals surface area contributed by atoms with Crippen molar-refractivity contribution in [3.05, 3.63) is 62.6 Å². The van der Waals surface area contributed by atoms with Gasteiger partial charge in [0.15, 0.2) is 0 Å². The average Bonchev–Trinajstić information content (AvgIpc) is 2.39. The van der Waals surface area contributed by atoms with E-state index in [-0.39, 0.29) is 11.4 Å². The number of hydrogen-bond acceptors (Lipinski definition) is 4. The average molecular weight is 321 g/mol. The van der Waals surface area contributed by atoms with Gasteiger partial charge in [-0.3, -0.25) is 15.1 Å². The standard InChI is InChI=1S/C13H9BrN2O3/c14-10-6-4-9(5-7-10)8-15-11-2-1-3-12(13(11)17)16(18)19/h1-8,17H. The highest BCUT2D eigenvalue weighted by molar-refractivity contribution is 9.10. The van der Waals surface area contributed by atoms with Crippen molar-refractivity contribution >= 4 is 33.5 Å². The molecule has 0 aliphatic carbocycles. The summed E-state index contributed by atoms with van der Waals surface area (Å²) in [7, 11) is 0. The molecule has 2 rings (SSSR count). The highest BCUT2D eigenvalue weighted by Gasteiger charge is 2.15. The second-order valence-electron chi connectivity index (χ2n) is 3.71. The van der Waals surface area contributed by atoms with Crippen LogP contribution in [0, 0.1) is 10.1 Å². The van der Waals surface area contributed by atoms with Gasteiger partial charge in [-0.15, -0.1) is 0 Å². The summed E-state index contributed by atoms with van der Waals surface area (Å²) in [6, 6.07) is 11.6. The first-order valence-electron chi connectivity index (χ1n) is 5.34. The maximum absolute atomic E-state index is 10.7. The lowest BCUT2D eigenvalue weighted by atomic mass is 10.2. The molecule has 0 aliphatic rings. The molecule has 0 aromatic heterocycles. The number of phenols is 1. The molecule has 0 fully saturated rings. The SMILES string of the molecule is O=[N+]([O-])c1cccc(N=Cc2ccc(Br)cc2)c1O. The normalized spacial score (nSPS) is 10.8. The summed E-state index contributed by atoms with van der Waals surface area (Å²) < 4.78 is 0.947. The molecule has 19 heavy (non-hydrogen) atoms. The fraction of sp³-hybridized carbons (Fsp3) is 0. The second kappa shape index (κ2) is 5.62. The van der Waals surface area contributed by atoms with E-state index in [2.05, 4.69) is 20.9 Å². The first-order valence-corrected chi connectivity index (χ1v) is 6.13. The van der Waals surface area contributed by atoms with Gasteiger partial charge < -0.3 is 5.11 Å². The van der Waals surface area contributed by atoms with Gasteiger partial charge in [0.25, 0.3) is 0 Å². The van der Waals surface area contributed by atoms with E-state index in [1.54, 1.807) is 0 Å². The molecule has 0 atom stereocenters. The lowest BCUT2D eigenvalue weighted by Gasteiger charge is -1.99. The van der Waals surface area contributed by atoms with Gasteiger partial charge in [-0.2, -0.15) is 0 Å². The highest BCUT2D eigenvalue weighted by Crippen LogP contribution is 2.35. The molecule has 0 heterocycles. The van der Waals surface area contributed by atoms with Crippen molar-refractivity contribution in [3.8, 4) is 5.75 Å². The number of phenolic OH excluding ortho intramolecular Hbond substituents is 1. The van der Waals surface area contributed by atoms with E-state index >= 15 is 0 Å². The number of nitro benzene ring substituents is 1. The summed E-state index contributed by atoms with van der Waals surface area (Å²) >= 11 is 3.32. The van der Waals surface area contributed by atoms with E-state index in [4.69, 9.17) is 0 Å². The molecule has 6 heteroatoms. The van der Waals surface area contributed by atoms with Gasteiger partial charge in [0.05, 0.1) is 4.92 Å². The Balaban J connectivity index is 2.31. The van der Waals surface area contributed by atoms with Crippen molar-refractivity contribution < 1.29 is 10.0 Å². The minimum atomic E-state index is -0.645. The van der Waals surface area contributed by atoms with E-state index in [1.165, 1.54) is 24.4 Å². The number of aliphatic imine (C=N–C) groups is 1. The van der Waals surface area contributed by atoms with Crippen LogP contribution in [0.4, 0.5) is 11.4 Å². The molecule has 5 nitrogen and oxygen atoms in total. The van der Waals surface area contributed by atoms with Crippen molar-refractivity contribution in [2.75, 3.05) is 0 Å². The van der Waals surface area contributed by atoms with Gasteiger partial charge in [0.2, 0.25) is 5.75 Å². The fourth-order valence-electron chi connectivity index (χ4n) is 1.46. The third-order valence-electron chi connectivity index (χ3n) is 2.41. The van der Waals surface area contributed by atoms with Gasteiger partial charge in [0, 0.05) is 16.8 Å². The van der Waals surface area contributed by atoms with Crippen molar-refractivity contribution in [2.24, 2.45) is 4.99 Å². The predicted octanol–water partition coefficient (Wildman–Crippen LogP) is 3.81. The number of aromatic hydroxyl groups is 1. The number of benzene rings is 2. The Kier molecular flexibility index (Phi) is 3.91. The molecule has 2 aromatic rings. The van der Waals surface area contributed by atoms with Crippen LogP contribution in [-0.2, 0) is 0 Å². The molecule has 0 bridgehead atoms. The topological polar surface area (TPSA) is 75.7 Å². The van der Waals surface area contributed by atoms with Crippen LogP contribution in [0.25, 0.3) is 0 Å². The van der Waals surface area contributed by atoms with Gasteiger partial charge in [-0.1, -0.05) is 34.1 Å². The summed E-state index contributed by atoms with van der Waals surface area (Å²) in [5, 5.41) is 20.4. The number of hydrogen-bond donors (Lipinski definition) is 1. The van der Waals surface area contributed by atoms with Crippen molar-refractivity contribution in [2.45, 2.75) is 0 Å². The summed E-state index contributed by atoms with van der Waals surface area (Å²) in [5.74, 6) is -0.430. The fourth-order valence-corrected chi connectivity index (χ4v) is 1.73. The first-order chi connectivity index (χ1) is 9.08. The maximum Gasteiger partial charge on any atom is 0.313 e. The molecule has 0 amide bonds. The Labute approximate surface area is 117 Å². The van der Waals surface area contributed by atoms with E-state index in [0.29, 0.717) is 0 Å². The number of rotatable bonds is 3. The largest absolute Gasteiger partial charge is 0.501 e. The van der Waals surface area contributed by atoms with Crippen LogP contribution in [-0.4, -0.2) is 16.2 Å². The Morgan fingerprint density at radius 3 is 2.53 bits per heavy atom. The molecular weight excluding hydrogens is 312 g/mol. The molecule has 0 aliphatic heterocycles. The monoisotopic (exact) mass is 320 g/mol. The molecule has 0 unspecified atom stereocenters. The number of para-hydroxylation sites is 1. The van der Waals surface area contributed by atoms with Crippen LogP contribution in [0.1, 0.15) is 5.56 Å². The van der Waals surface area contributed by atoms with Crippen LogP contribution in [0.5, 0.6) is 5.75 Å². The van der Waals surface area contributed by atoms with Crippen LogP contribution in [0.15, 0.2) is 51.9 Å². The van der Waals surface area contributed by atoms with Crippen molar-refractivity contribution in [1.29, 1.82) is 0 Å². The molecule has 1 N–H and O–H groups in total. The summed E-state index contributed by atoms with van der Waals surface area (Å²) in [6.07, 6.45) is 1.53. The quantitative estimate of drug-likeness (QED) is 0.530. The number of nitrogens with zero attached hydrogens (tertiary/aromatic N) is 2. The molecule has 0 saturated carbocycles. The van der Waals surface area contributed by atoms with E-state index in [1.807, 2.05) is 24.3 Å². The zero-order valence-electron chi connectivity index (χ0n) is 9.65. The minimum Gasteiger partial charge on any atom is -0.501 e. The first kappa shape index (κ1) is 13.2. The molecule has 0 spiro atoms. The minimum absolute atomic E-state index is 0.164. The highest BCUT2D eigenvalue weighted by atomic mass is 79.9. The van der Waals surface area contributed by atoms with E-state index < -0.39 is 10.7 Å². The van der Waals surface area contributed by atoms with Crippen LogP contribution >= 0.6 is 15.9 Å². The number of halogens is 1. The summed E-state index contributed by atoms with van der Waals surface area (Å²) in [5.41, 5.74) is 0.636. The molecule has 2 aromatic carbocycles. The molecule has 0 saturated heterocycles. The molecule has 0 radical (unpaired) electrons. The Bertz CT molecular complexity index is 639. The molecule has 96 valence electrons. The lowest BCUT2D eigenvalue weighted by Crippen LogP contribution is -1.88. The summed E-state index contributed by atoms with van der Waals surface area (Å²) in [4.78, 5) is 14.1. The van der Waals surface area contributed by atoms with Gasteiger partial charge in [-0.25, -0.2) is 0 Å². The van der Waals surface area contributed by atoms with Gasteiger partial charge >= 0.3 is 5.69 Å². The Hall–Kier alpha value is -2.21. The third kappa shape index (κ3) is 3.17. The summed E-state index contributed by atoms with van der Waals surface area (Å²) in [6.45, 7) is 0. The van der Waals surface area contributed by atoms with Crippen LogP contribution < -0.4 is 0 Å². The number of nitro groups is 1. The van der Waals surface area contributed by atoms with E-state index in [0.717, 1.165) is 10.0 Å². The Morgan fingerprint density at radius 2 is 1.89 bits per heavy atom. The lowest BCUT2D eigenvalue weighted by molar-refractivity contribution is -0.385. The van der Waals surface area contributed by atoms with Gasteiger partial charge in [-0.05, 0) is 23.8 Å². The maximum atomic E-state index is 10.7. The zero-order valence-corrected chi connectivity index (χ0v) is 11.2. The third-order valence-corrected chi connectivity index (χ3v) is 2.94. The zero-order chi connectivity index (χ0) is 13.8. The van der Waals surface area contributed by atoms with Crippen molar-refractivity contribution in [3.63, 3.8) is 0 Å². The molecular formula is C13H9BrN2O3. The second-order valence-corrected chi connectivity index (χ2v) is 4.63. The van der Waals surface area contributed by atoms with Gasteiger partial charge in [0.1, 0.15) is 5.69 Å². The van der Waals surface area contributed by atoms with E-state index in [9.17, 15) is 15.2 Å². The Morgan fingerprint density at radius 1 is 1.21 bits per heavy atom. The van der Waals surface area contributed by atoms with Crippen LogP contribution in [0.3, 0.4) is 0 Å². The predicted molar refractivity (Wildman–Crippen MR) is 76.2 cm³/mol.